The molecule has 6 nitrogen and oxygen atoms in total. The average Bonchev–Trinajstić information content (AvgIpc) is 2.67. The fourth-order valence-corrected chi connectivity index (χ4v) is 2.42. The molecule has 0 spiro atoms. The van der Waals surface area contributed by atoms with Gasteiger partial charge in [0.15, 0.2) is 5.78 Å². The van der Waals surface area contributed by atoms with Gasteiger partial charge >= 0.3 is 0 Å². The molecule has 2 aromatic carbocycles. The average molecular weight is 368 g/mol. The van der Waals surface area contributed by atoms with E-state index in [9.17, 15) is 14.4 Å². The Balaban J connectivity index is 1.86. The smallest absolute Gasteiger partial charge is 0.224 e. The minimum Gasteiger partial charge on any atom is -0.494 e. The highest BCUT2D eigenvalue weighted by Gasteiger charge is 2.10. The first-order valence-corrected chi connectivity index (χ1v) is 8.97. The maximum absolute atomic E-state index is 12.2. The molecule has 0 bridgehead atoms. The van der Waals surface area contributed by atoms with Crippen LogP contribution in [-0.4, -0.2) is 24.2 Å². The molecule has 27 heavy (non-hydrogen) atoms. The molecule has 2 amide bonds. The third-order valence-corrected chi connectivity index (χ3v) is 3.82. The zero-order chi connectivity index (χ0) is 19.6. The summed E-state index contributed by atoms with van der Waals surface area (Å²) in [5, 5.41) is 5.48. The van der Waals surface area contributed by atoms with E-state index < -0.39 is 0 Å². The molecule has 2 N–H and O–H groups in total. The first kappa shape index (κ1) is 20.2. The number of carbonyl (C=O) groups excluding carboxylic acids is 3. The largest absolute Gasteiger partial charge is 0.494 e. The van der Waals surface area contributed by atoms with Crippen LogP contribution in [0.15, 0.2) is 48.5 Å². The van der Waals surface area contributed by atoms with Gasteiger partial charge in [0, 0.05) is 36.2 Å². The highest BCUT2D eigenvalue weighted by Crippen LogP contribution is 2.17. The van der Waals surface area contributed by atoms with Crippen molar-refractivity contribution in [3.05, 3.63) is 54.1 Å². The molecule has 0 saturated heterocycles. The summed E-state index contributed by atoms with van der Waals surface area (Å²) in [5.74, 6) is 0.256. The molecule has 0 aliphatic heterocycles. The van der Waals surface area contributed by atoms with Crippen molar-refractivity contribution < 1.29 is 19.1 Å². The number of hydrogen-bond donors (Lipinski definition) is 2. The van der Waals surface area contributed by atoms with Crippen LogP contribution in [0, 0.1) is 0 Å². The molecule has 0 unspecified atom stereocenters. The van der Waals surface area contributed by atoms with E-state index in [1.165, 1.54) is 0 Å². The van der Waals surface area contributed by atoms with E-state index in [1.54, 1.807) is 55.5 Å². The van der Waals surface area contributed by atoms with Gasteiger partial charge in [0.05, 0.1) is 6.61 Å². The molecule has 0 radical (unpaired) electrons. The Morgan fingerprint density at radius 2 is 1.48 bits per heavy atom. The number of benzene rings is 2. The highest BCUT2D eigenvalue weighted by molar-refractivity contribution is 6.00. The van der Waals surface area contributed by atoms with Crippen LogP contribution in [0.1, 0.15) is 43.5 Å². The molecular formula is C21H24N2O4. The maximum atomic E-state index is 12.2. The molecule has 142 valence electrons. The molecule has 0 aromatic heterocycles. The summed E-state index contributed by atoms with van der Waals surface area (Å²) >= 11 is 0. The fourth-order valence-electron chi connectivity index (χ4n) is 2.42. The van der Waals surface area contributed by atoms with Crippen LogP contribution in [0.25, 0.3) is 0 Å². The summed E-state index contributed by atoms with van der Waals surface area (Å²) in [5.41, 5.74) is 1.74. The van der Waals surface area contributed by atoms with Crippen LogP contribution < -0.4 is 15.4 Å². The monoisotopic (exact) mass is 368 g/mol. The third kappa shape index (κ3) is 6.58. The van der Waals surface area contributed by atoms with Gasteiger partial charge in [-0.3, -0.25) is 14.4 Å². The Kier molecular flexibility index (Phi) is 7.55. The summed E-state index contributed by atoms with van der Waals surface area (Å²) in [6.45, 7) is 4.23. The van der Waals surface area contributed by atoms with E-state index in [4.69, 9.17) is 4.74 Å². The second-order valence-electron chi connectivity index (χ2n) is 5.91. The molecule has 2 aromatic rings. The van der Waals surface area contributed by atoms with Crippen molar-refractivity contribution in [1.29, 1.82) is 0 Å². The molecular weight excluding hydrogens is 344 g/mol. The topological polar surface area (TPSA) is 84.5 Å². The lowest BCUT2D eigenvalue weighted by molar-refractivity contribution is -0.116. The zero-order valence-electron chi connectivity index (χ0n) is 15.6. The van der Waals surface area contributed by atoms with Crippen molar-refractivity contribution in [1.82, 2.24) is 0 Å². The number of ether oxygens (including phenoxy) is 1. The molecule has 2 rings (SSSR count). The quantitative estimate of drug-likeness (QED) is 0.654. The number of rotatable bonds is 9. The lowest BCUT2D eigenvalue weighted by atomic mass is 10.1. The Labute approximate surface area is 158 Å². The third-order valence-electron chi connectivity index (χ3n) is 3.82. The number of carbonyl (C=O) groups is 3. The summed E-state index contributed by atoms with van der Waals surface area (Å²) in [7, 11) is 0. The number of ketones is 1. The summed E-state index contributed by atoms with van der Waals surface area (Å²) in [4.78, 5) is 35.8. The van der Waals surface area contributed by atoms with Gasteiger partial charge in [0.1, 0.15) is 5.75 Å². The van der Waals surface area contributed by atoms with Crippen molar-refractivity contribution in [3.63, 3.8) is 0 Å². The van der Waals surface area contributed by atoms with Crippen LogP contribution in [0.5, 0.6) is 5.75 Å². The zero-order valence-corrected chi connectivity index (χ0v) is 15.6. The summed E-state index contributed by atoms with van der Waals surface area (Å²) in [6, 6.07) is 13.8. The van der Waals surface area contributed by atoms with Gasteiger partial charge in [0.2, 0.25) is 11.8 Å². The lowest BCUT2D eigenvalue weighted by Gasteiger charge is -2.08. The van der Waals surface area contributed by atoms with Crippen molar-refractivity contribution in [3.8, 4) is 5.75 Å². The normalized spacial score (nSPS) is 10.1. The predicted octanol–water partition coefficient (Wildman–Crippen LogP) is 4.04. The van der Waals surface area contributed by atoms with Crippen molar-refractivity contribution >= 4 is 29.0 Å². The van der Waals surface area contributed by atoms with Gasteiger partial charge in [-0.05, 0) is 49.4 Å². The number of Topliss-reactive ketones (excluding diaryl/α,β-unsaturated/α-hetero) is 1. The molecule has 0 aliphatic rings. The maximum Gasteiger partial charge on any atom is 0.224 e. The molecule has 0 fully saturated rings. The molecule has 0 saturated carbocycles. The Morgan fingerprint density at radius 3 is 2.07 bits per heavy atom. The first-order chi connectivity index (χ1) is 13.0. The van der Waals surface area contributed by atoms with Crippen molar-refractivity contribution in [2.24, 2.45) is 0 Å². The SMILES string of the molecule is CCOc1ccc(C(=O)CCC(=O)Nc2cccc(NC(=O)CC)c2)cc1. The van der Waals surface area contributed by atoms with Gasteiger partial charge in [-0.25, -0.2) is 0 Å². The van der Waals surface area contributed by atoms with Crippen LogP contribution >= 0.6 is 0 Å². The highest BCUT2D eigenvalue weighted by atomic mass is 16.5. The van der Waals surface area contributed by atoms with Gasteiger partial charge in [-0.1, -0.05) is 13.0 Å². The van der Waals surface area contributed by atoms with E-state index in [2.05, 4.69) is 10.6 Å². The molecule has 0 heterocycles. The van der Waals surface area contributed by atoms with Crippen LogP contribution in [0.2, 0.25) is 0 Å². The lowest BCUT2D eigenvalue weighted by Crippen LogP contribution is -2.14. The summed E-state index contributed by atoms with van der Waals surface area (Å²) in [6.07, 6.45) is 0.577. The van der Waals surface area contributed by atoms with E-state index in [0.29, 0.717) is 35.7 Å². The molecule has 0 aliphatic carbocycles. The molecule has 0 atom stereocenters. The van der Waals surface area contributed by atoms with Crippen molar-refractivity contribution in [2.45, 2.75) is 33.1 Å². The van der Waals surface area contributed by atoms with Crippen molar-refractivity contribution in [2.75, 3.05) is 17.2 Å². The minimum absolute atomic E-state index is 0.0809. The number of anilines is 2. The fraction of sp³-hybridized carbons (Fsp3) is 0.286. The number of nitrogens with one attached hydrogen (secondary N) is 2. The Morgan fingerprint density at radius 1 is 0.852 bits per heavy atom. The predicted molar refractivity (Wildman–Crippen MR) is 105 cm³/mol. The van der Waals surface area contributed by atoms with Crippen LogP contribution in [0.4, 0.5) is 11.4 Å². The van der Waals surface area contributed by atoms with Gasteiger partial charge < -0.3 is 15.4 Å². The Hall–Kier alpha value is -3.15. The molecule has 6 heteroatoms. The minimum atomic E-state index is -0.256. The second-order valence-corrected chi connectivity index (χ2v) is 5.91. The Bertz CT molecular complexity index is 800. The van der Waals surface area contributed by atoms with E-state index in [0.717, 1.165) is 0 Å². The first-order valence-electron chi connectivity index (χ1n) is 8.97. The summed E-state index contributed by atoms with van der Waals surface area (Å²) < 4.78 is 5.34. The van der Waals surface area contributed by atoms with Gasteiger partial charge in [-0.15, -0.1) is 0 Å². The standard InChI is InChI=1S/C21H24N2O4/c1-3-20(25)22-16-6-5-7-17(14-16)23-21(26)13-12-19(24)15-8-10-18(11-9-15)27-4-2/h5-11,14H,3-4,12-13H2,1-2H3,(H,22,25)(H,23,26). The number of amides is 2. The number of hydrogen-bond acceptors (Lipinski definition) is 4. The van der Waals surface area contributed by atoms with E-state index in [1.807, 2.05) is 6.92 Å². The van der Waals surface area contributed by atoms with Gasteiger partial charge in [0.25, 0.3) is 0 Å². The van der Waals surface area contributed by atoms with E-state index in [-0.39, 0.29) is 30.4 Å². The van der Waals surface area contributed by atoms with E-state index >= 15 is 0 Å². The second kappa shape index (κ2) is 10.1. The van der Waals surface area contributed by atoms with Gasteiger partial charge in [-0.2, -0.15) is 0 Å². The van der Waals surface area contributed by atoms with Crippen LogP contribution in [0.3, 0.4) is 0 Å². The van der Waals surface area contributed by atoms with Crippen LogP contribution in [-0.2, 0) is 9.59 Å².